The Morgan fingerprint density at radius 3 is 2.35 bits per heavy atom. The third kappa shape index (κ3) is 7.69. The fraction of sp³-hybridized carbons (Fsp3) is 0.281. The first-order valence-electron chi connectivity index (χ1n) is 13.5. The van der Waals surface area contributed by atoms with Gasteiger partial charge in [0, 0.05) is 16.8 Å². The zero-order chi connectivity index (χ0) is 30.2. The van der Waals surface area contributed by atoms with Crippen LogP contribution in [0.3, 0.4) is 0 Å². The van der Waals surface area contributed by atoms with E-state index in [-0.39, 0.29) is 77.4 Å². The summed E-state index contributed by atoms with van der Waals surface area (Å²) in [6, 6.07) is 17.8. The third-order valence-electron chi connectivity index (χ3n) is 7.27. The maximum absolute atomic E-state index is 15.6. The van der Waals surface area contributed by atoms with Crippen molar-refractivity contribution in [2.24, 2.45) is 0 Å². The van der Waals surface area contributed by atoms with Crippen molar-refractivity contribution >= 4 is 6.47 Å². The van der Waals surface area contributed by atoms with Crippen molar-refractivity contribution in [3.8, 4) is 16.9 Å². The van der Waals surface area contributed by atoms with Crippen LogP contribution < -0.4 is 50.9 Å². The van der Waals surface area contributed by atoms with Crippen molar-refractivity contribution in [1.29, 1.82) is 0 Å². The van der Waals surface area contributed by atoms with Crippen LogP contribution in [0.1, 0.15) is 34.8 Å². The average Bonchev–Trinajstić information content (AvgIpc) is 2.99. The van der Waals surface area contributed by atoms with Crippen LogP contribution in [0.25, 0.3) is 11.1 Å². The molecule has 0 aliphatic rings. The van der Waals surface area contributed by atoms with Crippen molar-refractivity contribution in [2.45, 2.75) is 39.4 Å². The van der Waals surface area contributed by atoms with E-state index in [1.54, 1.807) is 32.0 Å². The van der Waals surface area contributed by atoms with Gasteiger partial charge in [-0.05, 0) is 50.1 Å². The molecule has 0 unspecified atom stereocenters. The second-order valence-electron chi connectivity index (χ2n) is 9.84. The molecule has 0 radical (unpaired) electrons. The number of nitrogens with zero attached hydrogens (tertiary/aromatic N) is 2. The van der Waals surface area contributed by atoms with Crippen molar-refractivity contribution < 1.29 is 52.6 Å². The molecule has 1 heterocycles. The van der Waals surface area contributed by atoms with Gasteiger partial charge >= 0.3 is 35.2 Å². The maximum Gasteiger partial charge on any atom is 1.00 e. The molecule has 0 saturated carbocycles. The molecular formula is C32H33F2N3NaO5+. The van der Waals surface area contributed by atoms with Gasteiger partial charge in [-0.2, -0.15) is 0 Å². The Hall–Kier alpha value is -3.57. The molecule has 1 N–H and O–H groups in total. The van der Waals surface area contributed by atoms with Crippen LogP contribution in [0.4, 0.5) is 8.78 Å². The molecule has 4 aromatic rings. The number of methoxy groups -OCH3 is 1. The van der Waals surface area contributed by atoms with E-state index in [9.17, 15) is 18.8 Å². The molecule has 0 aliphatic carbocycles. The van der Waals surface area contributed by atoms with Gasteiger partial charge in [-0.25, -0.2) is 13.6 Å². The van der Waals surface area contributed by atoms with Crippen molar-refractivity contribution in [3.63, 3.8) is 0 Å². The van der Waals surface area contributed by atoms with Crippen LogP contribution in [0.15, 0.2) is 76.3 Å². The summed E-state index contributed by atoms with van der Waals surface area (Å²) in [5.74, 6) is -1.29. The van der Waals surface area contributed by atoms with E-state index in [1.807, 2.05) is 30.3 Å². The predicted molar refractivity (Wildman–Crippen MR) is 156 cm³/mol. The van der Waals surface area contributed by atoms with Crippen LogP contribution in [0, 0.1) is 25.5 Å². The molecule has 220 valence electrons. The molecule has 0 spiro atoms. The number of carbonyl (C=O) groups excluding carboxylic acids is 1. The molecule has 43 heavy (non-hydrogen) atoms. The molecular weight excluding hydrogens is 567 g/mol. The summed E-state index contributed by atoms with van der Waals surface area (Å²) in [5.41, 5.74) is 0.549. The molecule has 3 aromatic carbocycles. The average molecular weight is 601 g/mol. The monoisotopic (exact) mass is 600 g/mol. The molecule has 0 fully saturated rings. The van der Waals surface area contributed by atoms with Gasteiger partial charge in [-0.1, -0.05) is 54.6 Å². The number of nitrogens with one attached hydrogen (secondary N) is 1. The number of aryl methyl sites for hydroxylation is 1. The first-order valence-corrected chi connectivity index (χ1v) is 13.5. The quantitative estimate of drug-likeness (QED) is 0.142. The summed E-state index contributed by atoms with van der Waals surface area (Å²) in [4.78, 5) is 38.6. The number of rotatable bonds is 13. The van der Waals surface area contributed by atoms with E-state index in [4.69, 9.17) is 9.47 Å². The van der Waals surface area contributed by atoms with Gasteiger partial charge in [-0.15, -0.1) is 0 Å². The fourth-order valence-electron chi connectivity index (χ4n) is 4.98. The number of hydrogen-bond acceptors (Lipinski definition) is 6. The van der Waals surface area contributed by atoms with E-state index in [0.29, 0.717) is 25.0 Å². The molecule has 1 atom stereocenters. The van der Waals surface area contributed by atoms with Gasteiger partial charge in [-0.3, -0.25) is 18.7 Å². The number of carbonyl (C=O) groups is 1. The van der Waals surface area contributed by atoms with Crippen molar-refractivity contribution in [2.75, 3.05) is 20.3 Å². The number of benzene rings is 3. The molecule has 1 aromatic heterocycles. The first-order chi connectivity index (χ1) is 20.3. The summed E-state index contributed by atoms with van der Waals surface area (Å²) in [5, 5.41) is 3.33. The van der Waals surface area contributed by atoms with Crippen LogP contribution in [-0.2, 0) is 22.6 Å². The third-order valence-corrected chi connectivity index (χ3v) is 7.27. The Labute approximate surface area is 270 Å². The minimum absolute atomic E-state index is 0. The number of halogens is 2. The molecule has 0 aliphatic heterocycles. The largest absolute Gasteiger partial charge is 1.00 e. The second kappa shape index (κ2) is 15.8. The van der Waals surface area contributed by atoms with Gasteiger partial charge in [0.1, 0.15) is 5.82 Å². The van der Waals surface area contributed by atoms with Crippen LogP contribution in [-0.4, -0.2) is 35.9 Å². The Kier molecular flexibility index (Phi) is 12.4. The van der Waals surface area contributed by atoms with E-state index in [1.165, 1.54) is 29.9 Å². The summed E-state index contributed by atoms with van der Waals surface area (Å²) >= 11 is 0. The minimum atomic E-state index is -0.744. The Bertz CT molecular complexity index is 1650. The molecule has 0 amide bonds. The maximum atomic E-state index is 15.6. The van der Waals surface area contributed by atoms with E-state index in [2.05, 4.69) is 5.32 Å². The molecule has 0 saturated heterocycles. The van der Waals surface area contributed by atoms with Crippen LogP contribution in [0.5, 0.6) is 5.75 Å². The van der Waals surface area contributed by atoms with E-state index < -0.39 is 28.9 Å². The van der Waals surface area contributed by atoms with Gasteiger partial charge in [0.25, 0.3) is 12.0 Å². The SMILES string of the molecule is COc1cccc(-c2c(C)n(Cc3c(C)cccc3F)c(=O)n(C[C@H](NCCCOC=O)c3ccccc3)c2=O)c1F.[Na+]. The Morgan fingerprint density at radius 1 is 0.953 bits per heavy atom. The van der Waals surface area contributed by atoms with Crippen molar-refractivity contribution in [1.82, 2.24) is 14.5 Å². The van der Waals surface area contributed by atoms with E-state index in [0.717, 1.165) is 10.1 Å². The summed E-state index contributed by atoms with van der Waals surface area (Å²) in [7, 11) is 1.32. The molecule has 8 nitrogen and oxygen atoms in total. The topological polar surface area (TPSA) is 91.6 Å². The number of aromatic nitrogens is 2. The van der Waals surface area contributed by atoms with Gasteiger partial charge in [0.2, 0.25) is 0 Å². The zero-order valence-corrected chi connectivity index (χ0v) is 26.7. The van der Waals surface area contributed by atoms with E-state index >= 15 is 4.39 Å². The Balaban J connectivity index is 0.00000506. The predicted octanol–water partition coefficient (Wildman–Crippen LogP) is 1.53. The van der Waals surface area contributed by atoms with Crippen LogP contribution in [0.2, 0.25) is 0 Å². The second-order valence-corrected chi connectivity index (χ2v) is 9.84. The van der Waals surface area contributed by atoms with Gasteiger partial charge < -0.3 is 14.8 Å². The summed E-state index contributed by atoms with van der Waals surface area (Å²) in [6.45, 7) is 4.04. The fourth-order valence-corrected chi connectivity index (χ4v) is 4.98. The molecule has 0 bridgehead atoms. The van der Waals surface area contributed by atoms with Crippen molar-refractivity contribution in [3.05, 3.63) is 122 Å². The van der Waals surface area contributed by atoms with Gasteiger partial charge in [0.05, 0.1) is 38.4 Å². The number of hydrogen-bond donors (Lipinski definition) is 1. The minimum Gasteiger partial charge on any atom is -0.494 e. The molecule has 4 rings (SSSR count). The Morgan fingerprint density at radius 2 is 1.67 bits per heavy atom. The standard InChI is InChI=1S/C32H33F2N3O5.Na/c1-21-10-7-14-26(33)25(21)18-36-22(2)29(24-13-8-15-28(41-3)30(24)34)31(39)37(32(36)40)19-27(23-11-5-4-6-12-23)35-16-9-17-42-20-38;/h4-8,10-15,20,27,35H,9,16-19H2,1-3H3;/q;+1/t27-;/m0./s1. The number of ether oxygens (including phenoxy) is 2. The normalized spacial score (nSPS) is 11.5. The summed E-state index contributed by atoms with van der Waals surface area (Å²) < 4.78 is 42.8. The zero-order valence-electron chi connectivity index (χ0n) is 24.7. The van der Waals surface area contributed by atoms with Gasteiger partial charge in [0.15, 0.2) is 11.6 Å². The smallest absolute Gasteiger partial charge is 0.494 e. The van der Waals surface area contributed by atoms with Crippen LogP contribution >= 0.6 is 0 Å². The molecule has 11 heteroatoms. The summed E-state index contributed by atoms with van der Waals surface area (Å²) in [6.07, 6.45) is 0.502. The first kappa shape index (κ1) is 33.9.